The molecule has 0 bridgehead atoms. The van der Waals surface area contributed by atoms with Crippen LogP contribution in [0.1, 0.15) is 47.9 Å². The fourth-order valence-corrected chi connectivity index (χ4v) is 2.54. The van der Waals surface area contributed by atoms with Gasteiger partial charge >= 0.3 is 0 Å². The first-order valence-electron chi connectivity index (χ1n) is 8.06. The lowest BCUT2D eigenvalue weighted by atomic mass is 9.97. The molecule has 0 unspecified atom stereocenters. The van der Waals surface area contributed by atoms with E-state index in [1.54, 1.807) is 0 Å². The zero-order valence-corrected chi connectivity index (χ0v) is 13.9. The monoisotopic (exact) mass is 290 g/mol. The van der Waals surface area contributed by atoms with Crippen molar-refractivity contribution in [2.24, 2.45) is 0 Å². The fraction of sp³-hybridized carbons (Fsp3) is 0.273. The van der Waals surface area contributed by atoms with Crippen molar-refractivity contribution < 1.29 is 0 Å². The van der Waals surface area contributed by atoms with Gasteiger partial charge in [0.15, 0.2) is 0 Å². The molecule has 0 spiro atoms. The molecule has 2 aromatic rings. The van der Waals surface area contributed by atoms with Crippen molar-refractivity contribution in [3.63, 3.8) is 0 Å². The Kier molecular flexibility index (Phi) is 5.77. The highest BCUT2D eigenvalue weighted by Gasteiger charge is 2.01. The summed E-state index contributed by atoms with van der Waals surface area (Å²) >= 11 is 0. The molecule has 0 amide bonds. The Balaban J connectivity index is 1.74. The van der Waals surface area contributed by atoms with Gasteiger partial charge in [0, 0.05) is 0 Å². The lowest BCUT2D eigenvalue weighted by Crippen LogP contribution is -1.87. The average molecular weight is 290 g/mol. The van der Waals surface area contributed by atoms with E-state index >= 15 is 0 Å². The van der Waals surface area contributed by atoms with E-state index in [1.807, 2.05) is 0 Å². The second-order valence-electron chi connectivity index (χ2n) is 6.15. The van der Waals surface area contributed by atoms with Gasteiger partial charge in [-0.25, -0.2) is 0 Å². The van der Waals surface area contributed by atoms with Crippen LogP contribution in [0.25, 0.3) is 11.1 Å². The number of unbranched alkanes of at least 4 members (excludes halogenated alkanes) is 1. The van der Waals surface area contributed by atoms with E-state index in [9.17, 15) is 0 Å². The van der Waals surface area contributed by atoms with Crippen LogP contribution in [0, 0.1) is 13.8 Å². The molecule has 0 N–H and O–H groups in total. The fourth-order valence-electron chi connectivity index (χ4n) is 2.54. The Morgan fingerprint density at radius 1 is 0.636 bits per heavy atom. The first kappa shape index (κ1) is 16.3. The van der Waals surface area contributed by atoms with Gasteiger partial charge in [-0.2, -0.15) is 0 Å². The van der Waals surface area contributed by atoms with Gasteiger partial charge in [-0.05, 0) is 61.8 Å². The maximum absolute atomic E-state index is 4.22. The first-order chi connectivity index (χ1) is 10.6. The zero-order chi connectivity index (χ0) is 15.9. The van der Waals surface area contributed by atoms with Gasteiger partial charge in [0.25, 0.3) is 0 Å². The minimum atomic E-state index is 1.06. The molecule has 0 nitrogen and oxygen atoms in total. The topological polar surface area (TPSA) is 0 Å². The zero-order valence-electron chi connectivity index (χ0n) is 13.9. The molecule has 0 aromatic heterocycles. The smallest absolute Gasteiger partial charge is 0.0230 e. The summed E-state index contributed by atoms with van der Waals surface area (Å²) in [4.78, 5) is 0. The number of rotatable bonds is 7. The van der Waals surface area contributed by atoms with Crippen molar-refractivity contribution in [2.45, 2.75) is 39.5 Å². The predicted molar refractivity (Wildman–Crippen MR) is 98.9 cm³/mol. The maximum Gasteiger partial charge on any atom is -0.0230 e. The van der Waals surface area contributed by atoms with Gasteiger partial charge in [0.2, 0.25) is 0 Å². The second-order valence-corrected chi connectivity index (χ2v) is 6.15. The average Bonchev–Trinajstić information content (AvgIpc) is 2.52. The molecule has 0 atom stereocenters. The Morgan fingerprint density at radius 3 is 1.27 bits per heavy atom. The summed E-state index contributed by atoms with van der Waals surface area (Å²) < 4.78 is 0. The molecule has 0 aliphatic carbocycles. The Morgan fingerprint density at radius 2 is 0.955 bits per heavy atom. The van der Waals surface area contributed by atoms with Crippen LogP contribution in [0.2, 0.25) is 0 Å². The lowest BCUT2D eigenvalue weighted by Gasteiger charge is -2.08. The van der Waals surface area contributed by atoms with Crippen LogP contribution < -0.4 is 0 Å². The number of benzene rings is 2. The van der Waals surface area contributed by atoms with E-state index < -0.39 is 0 Å². The van der Waals surface area contributed by atoms with Crippen molar-refractivity contribution in [3.05, 3.63) is 83.9 Å². The lowest BCUT2D eigenvalue weighted by molar-refractivity contribution is 0.778. The van der Waals surface area contributed by atoms with Crippen LogP contribution in [0.15, 0.2) is 61.7 Å². The molecule has 0 saturated carbocycles. The SMILES string of the molecule is C=C(CCCCC(=C)c1ccc(C)cc1)c1ccc(C)cc1. The second kappa shape index (κ2) is 7.79. The van der Waals surface area contributed by atoms with Crippen molar-refractivity contribution in [1.82, 2.24) is 0 Å². The summed E-state index contributed by atoms with van der Waals surface area (Å²) in [6.07, 6.45) is 4.45. The van der Waals surface area contributed by atoms with Gasteiger partial charge < -0.3 is 0 Å². The molecule has 0 heteroatoms. The highest BCUT2D eigenvalue weighted by molar-refractivity contribution is 5.64. The van der Waals surface area contributed by atoms with Crippen LogP contribution in [0.3, 0.4) is 0 Å². The summed E-state index contributed by atoms with van der Waals surface area (Å²) in [6, 6.07) is 17.3. The van der Waals surface area contributed by atoms with Crippen molar-refractivity contribution in [2.75, 3.05) is 0 Å². The molecule has 0 aliphatic heterocycles. The summed E-state index contributed by atoms with van der Waals surface area (Å²) in [7, 11) is 0. The van der Waals surface area contributed by atoms with Crippen LogP contribution >= 0.6 is 0 Å². The van der Waals surface area contributed by atoms with Gasteiger partial charge in [-0.15, -0.1) is 0 Å². The van der Waals surface area contributed by atoms with Gasteiger partial charge in [-0.3, -0.25) is 0 Å². The standard InChI is InChI=1S/C22H26/c1-17-9-13-21(14-10-17)19(3)7-5-6-8-20(4)22-15-11-18(2)12-16-22/h9-16H,3-8H2,1-2H3. The normalized spacial score (nSPS) is 10.5. The van der Waals surface area contributed by atoms with Crippen LogP contribution in [-0.4, -0.2) is 0 Å². The molecule has 0 aliphatic rings. The molecular formula is C22H26. The van der Waals surface area contributed by atoms with Crippen LogP contribution in [-0.2, 0) is 0 Å². The number of hydrogen-bond acceptors (Lipinski definition) is 0. The minimum absolute atomic E-state index is 1.06. The third-order valence-electron chi connectivity index (χ3n) is 4.13. The molecular weight excluding hydrogens is 264 g/mol. The summed E-state index contributed by atoms with van der Waals surface area (Å²) in [5.74, 6) is 0. The molecule has 0 saturated heterocycles. The van der Waals surface area contributed by atoms with E-state index in [2.05, 4.69) is 75.5 Å². The Hall–Kier alpha value is -2.08. The van der Waals surface area contributed by atoms with Crippen molar-refractivity contribution in [3.8, 4) is 0 Å². The third kappa shape index (κ3) is 4.73. The van der Waals surface area contributed by atoms with E-state index in [1.165, 1.54) is 33.4 Å². The van der Waals surface area contributed by atoms with Gasteiger partial charge in [0.05, 0.1) is 0 Å². The van der Waals surface area contributed by atoms with E-state index in [4.69, 9.17) is 0 Å². The quantitative estimate of drug-likeness (QED) is 0.504. The Bertz CT molecular complexity index is 567. The molecule has 0 heterocycles. The predicted octanol–water partition coefficient (Wildman–Crippen LogP) is 6.59. The maximum atomic E-state index is 4.22. The number of allylic oxidation sites excluding steroid dienone is 2. The van der Waals surface area contributed by atoms with Crippen LogP contribution in [0.4, 0.5) is 0 Å². The van der Waals surface area contributed by atoms with Gasteiger partial charge in [-0.1, -0.05) is 72.8 Å². The number of aryl methyl sites for hydroxylation is 2. The molecule has 2 rings (SSSR count). The molecule has 22 heavy (non-hydrogen) atoms. The molecule has 0 radical (unpaired) electrons. The summed E-state index contributed by atoms with van der Waals surface area (Å²) in [5, 5.41) is 0. The van der Waals surface area contributed by atoms with Crippen LogP contribution in [0.5, 0.6) is 0 Å². The molecule has 2 aromatic carbocycles. The van der Waals surface area contributed by atoms with E-state index in [-0.39, 0.29) is 0 Å². The summed E-state index contributed by atoms with van der Waals surface area (Å²) in [6.45, 7) is 12.7. The minimum Gasteiger partial charge on any atom is -0.0952 e. The highest BCUT2D eigenvalue weighted by Crippen LogP contribution is 2.23. The first-order valence-corrected chi connectivity index (χ1v) is 8.06. The molecule has 114 valence electrons. The van der Waals surface area contributed by atoms with Gasteiger partial charge in [0.1, 0.15) is 0 Å². The number of hydrogen-bond donors (Lipinski definition) is 0. The van der Waals surface area contributed by atoms with Crippen molar-refractivity contribution >= 4 is 11.1 Å². The highest BCUT2D eigenvalue weighted by atomic mass is 14.1. The summed E-state index contributed by atoms with van der Waals surface area (Å²) in [5.41, 5.74) is 7.60. The van der Waals surface area contributed by atoms with Crippen molar-refractivity contribution in [1.29, 1.82) is 0 Å². The largest absolute Gasteiger partial charge is 0.0952 e. The van der Waals surface area contributed by atoms with E-state index in [0.717, 1.165) is 25.7 Å². The van der Waals surface area contributed by atoms with E-state index in [0.29, 0.717) is 0 Å². The molecule has 0 fully saturated rings. The third-order valence-corrected chi connectivity index (χ3v) is 4.13. The Labute approximate surface area is 135 Å².